The molecule has 1 atom stereocenters. The first-order valence-electron chi connectivity index (χ1n) is 10.0. The summed E-state index contributed by atoms with van der Waals surface area (Å²) in [5, 5.41) is 9.50. The summed E-state index contributed by atoms with van der Waals surface area (Å²) < 4.78 is 1.84. The van der Waals surface area contributed by atoms with Gasteiger partial charge >= 0.3 is 0 Å². The number of hydrogen-bond acceptors (Lipinski definition) is 5. The monoisotopic (exact) mass is 436 g/mol. The van der Waals surface area contributed by atoms with Crippen molar-refractivity contribution in [2.75, 3.05) is 5.32 Å². The van der Waals surface area contributed by atoms with Crippen LogP contribution >= 0.6 is 23.4 Å². The zero-order valence-corrected chi connectivity index (χ0v) is 18.1. The Kier molecular flexibility index (Phi) is 5.13. The van der Waals surface area contributed by atoms with Crippen molar-refractivity contribution in [1.29, 1.82) is 0 Å². The molecular weight excluding hydrogens is 416 g/mol. The summed E-state index contributed by atoms with van der Waals surface area (Å²) in [6.45, 7) is 2.11. The van der Waals surface area contributed by atoms with E-state index in [4.69, 9.17) is 21.7 Å². The van der Waals surface area contributed by atoms with E-state index < -0.39 is 0 Å². The molecule has 5 rings (SSSR count). The summed E-state index contributed by atoms with van der Waals surface area (Å²) in [7, 11) is 0. The summed E-state index contributed by atoms with van der Waals surface area (Å²) in [6, 6.07) is 15.7. The van der Waals surface area contributed by atoms with Crippen LogP contribution in [0.5, 0.6) is 0 Å². The number of ketones is 1. The third-order valence-electron chi connectivity index (χ3n) is 5.63. The van der Waals surface area contributed by atoms with E-state index in [1.54, 1.807) is 11.8 Å². The minimum Gasteiger partial charge on any atom is -0.328 e. The predicted molar refractivity (Wildman–Crippen MR) is 120 cm³/mol. The Bertz CT molecular complexity index is 1170. The van der Waals surface area contributed by atoms with E-state index >= 15 is 0 Å². The summed E-state index contributed by atoms with van der Waals surface area (Å²) in [5.41, 5.74) is 5.23. The molecule has 2 aliphatic rings. The van der Waals surface area contributed by atoms with E-state index in [-0.39, 0.29) is 11.8 Å². The number of Topliss-reactive ketones (excluding diaryl/α,β-unsaturated/α-hetero) is 1. The average molecular weight is 437 g/mol. The largest absolute Gasteiger partial charge is 0.328 e. The number of thioether (sulfide) groups is 1. The van der Waals surface area contributed by atoms with Crippen molar-refractivity contribution < 1.29 is 4.79 Å². The lowest BCUT2D eigenvalue weighted by Gasteiger charge is -2.32. The number of aryl methyl sites for hydroxylation is 1. The van der Waals surface area contributed by atoms with Gasteiger partial charge in [0.2, 0.25) is 11.1 Å². The highest BCUT2D eigenvalue weighted by molar-refractivity contribution is 7.98. The number of fused-ring (bicyclic) bond motifs is 1. The number of anilines is 1. The number of benzene rings is 2. The van der Waals surface area contributed by atoms with Gasteiger partial charge in [0, 0.05) is 28.5 Å². The second-order valence-corrected chi connectivity index (χ2v) is 9.01. The van der Waals surface area contributed by atoms with Gasteiger partial charge in [0.05, 0.1) is 0 Å². The molecule has 1 aromatic heterocycles. The molecule has 2 aromatic carbocycles. The summed E-state index contributed by atoms with van der Waals surface area (Å²) in [5.74, 6) is 1.65. The molecular formula is C23H21ClN4OS. The first-order chi connectivity index (χ1) is 14.6. The first-order valence-corrected chi connectivity index (χ1v) is 11.4. The van der Waals surface area contributed by atoms with E-state index in [1.165, 1.54) is 11.1 Å². The van der Waals surface area contributed by atoms with Gasteiger partial charge in [0.15, 0.2) is 5.78 Å². The Labute approximate surface area is 184 Å². The minimum absolute atomic E-state index is 0.170. The Balaban J connectivity index is 1.52. The highest BCUT2D eigenvalue weighted by atomic mass is 35.5. The molecule has 1 aliphatic heterocycles. The maximum atomic E-state index is 12.9. The number of nitrogens with zero attached hydrogens (tertiary/aromatic N) is 3. The number of nitrogens with one attached hydrogen (secondary N) is 1. The Morgan fingerprint density at radius 3 is 2.90 bits per heavy atom. The Morgan fingerprint density at radius 2 is 2.07 bits per heavy atom. The molecule has 1 unspecified atom stereocenters. The van der Waals surface area contributed by atoms with Crippen molar-refractivity contribution in [1.82, 2.24) is 14.8 Å². The molecule has 5 nitrogen and oxygen atoms in total. The van der Waals surface area contributed by atoms with Crippen LogP contribution in [0.25, 0.3) is 0 Å². The number of carbonyl (C=O) groups is 1. The van der Waals surface area contributed by atoms with Crippen LogP contribution in [0.2, 0.25) is 5.02 Å². The van der Waals surface area contributed by atoms with Crippen LogP contribution in [-0.2, 0) is 10.5 Å². The van der Waals surface area contributed by atoms with E-state index in [0.717, 1.165) is 35.4 Å². The summed E-state index contributed by atoms with van der Waals surface area (Å²) in [6.07, 6.45) is 2.27. The quantitative estimate of drug-likeness (QED) is 0.543. The lowest BCUT2D eigenvalue weighted by Crippen LogP contribution is -2.31. The standard InChI is InChI=1S/C23H21ClN4OS/c1-14-6-2-3-7-16(14)13-30-23-26-22-25-18-10-5-11-19(29)20(18)21(28(22)27-23)15-8-4-9-17(24)12-15/h2-4,6-9,12,21H,5,10-11,13H2,1H3,(H,25,26,27). The number of allylic oxidation sites excluding steroid dienone is 2. The number of hydrogen-bond donors (Lipinski definition) is 1. The third kappa shape index (κ3) is 3.55. The topological polar surface area (TPSA) is 59.8 Å². The van der Waals surface area contributed by atoms with Crippen molar-refractivity contribution in [2.45, 2.75) is 43.1 Å². The van der Waals surface area contributed by atoms with E-state index in [2.05, 4.69) is 30.4 Å². The number of carbonyl (C=O) groups excluding carboxylic acids is 1. The molecule has 0 bridgehead atoms. The first kappa shape index (κ1) is 19.4. The Hall–Kier alpha value is -2.57. The van der Waals surface area contributed by atoms with Crippen LogP contribution < -0.4 is 5.32 Å². The second kappa shape index (κ2) is 7.93. The molecule has 0 spiro atoms. The smallest absolute Gasteiger partial charge is 0.227 e. The SMILES string of the molecule is Cc1ccccc1CSc1nc2n(n1)C(c1cccc(Cl)c1)C1=C(CCCC1=O)N2. The van der Waals surface area contributed by atoms with Gasteiger partial charge in [-0.15, -0.1) is 5.10 Å². The van der Waals surface area contributed by atoms with E-state index in [0.29, 0.717) is 22.5 Å². The summed E-state index contributed by atoms with van der Waals surface area (Å²) >= 11 is 7.88. The zero-order valence-electron chi connectivity index (χ0n) is 16.6. The van der Waals surface area contributed by atoms with Crippen molar-refractivity contribution in [3.63, 3.8) is 0 Å². The molecule has 152 valence electrons. The second-order valence-electron chi connectivity index (χ2n) is 7.63. The molecule has 0 saturated carbocycles. The maximum absolute atomic E-state index is 12.9. The highest BCUT2D eigenvalue weighted by Crippen LogP contribution is 2.41. The van der Waals surface area contributed by atoms with Crippen LogP contribution in [0.3, 0.4) is 0 Å². The van der Waals surface area contributed by atoms with Crippen LogP contribution in [0, 0.1) is 6.92 Å². The van der Waals surface area contributed by atoms with Crippen molar-refractivity contribution in [2.24, 2.45) is 0 Å². The van der Waals surface area contributed by atoms with Gasteiger partial charge in [-0.25, -0.2) is 4.68 Å². The van der Waals surface area contributed by atoms with Gasteiger partial charge in [-0.3, -0.25) is 4.79 Å². The molecule has 0 saturated heterocycles. The molecule has 7 heteroatoms. The lowest BCUT2D eigenvalue weighted by molar-refractivity contribution is -0.116. The van der Waals surface area contributed by atoms with Gasteiger partial charge in [0.1, 0.15) is 6.04 Å². The van der Waals surface area contributed by atoms with Crippen molar-refractivity contribution >= 4 is 35.1 Å². The van der Waals surface area contributed by atoms with Gasteiger partial charge in [-0.1, -0.05) is 59.8 Å². The normalized spacial score (nSPS) is 18.1. The number of rotatable bonds is 4. The van der Waals surface area contributed by atoms with Gasteiger partial charge in [-0.05, 0) is 48.6 Å². The van der Waals surface area contributed by atoms with Crippen LogP contribution in [-0.4, -0.2) is 20.5 Å². The van der Waals surface area contributed by atoms with Gasteiger partial charge in [-0.2, -0.15) is 4.98 Å². The van der Waals surface area contributed by atoms with E-state index in [1.807, 2.05) is 35.0 Å². The van der Waals surface area contributed by atoms with Crippen LogP contribution in [0.1, 0.15) is 42.0 Å². The molecule has 1 N–H and O–H groups in total. The maximum Gasteiger partial charge on any atom is 0.227 e. The lowest BCUT2D eigenvalue weighted by atomic mass is 9.85. The molecule has 1 aliphatic carbocycles. The van der Waals surface area contributed by atoms with Gasteiger partial charge < -0.3 is 5.32 Å². The minimum atomic E-state index is -0.303. The number of aromatic nitrogens is 3. The molecule has 0 amide bonds. The Morgan fingerprint density at radius 1 is 1.20 bits per heavy atom. The van der Waals surface area contributed by atoms with E-state index in [9.17, 15) is 4.79 Å². The average Bonchev–Trinajstić information content (AvgIpc) is 3.14. The fourth-order valence-corrected chi connectivity index (χ4v) is 5.20. The molecule has 30 heavy (non-hydrogen) atoms. The number of halogens is 1. The predicted octanol–water partition coefficient (Wildman–Crippen LogP) is 5.55. The fourth-order valence-electron chi connectivity index (χ4n) is 4.10. The zero-order chi connectivity index (χ0) is 20.7. The fraction of sp³-hybridized carbons (Fsp3) is 0.261. The van der Waals surface area contributed by atoms with Crippen molar-refractivity contribution in [3.05, 3.63) is 81.5 Å². The molecule has 3 aromatic rings. The third-order valence-corrected chi connectivity index (χ3v) is 6.75. The molecule has 0 fully saturated rings. The van der Waals surface area contributed by atoms with Crippen molar-refractivity contribution in [3.8, 4) is 0 Å². The van der Waals surface area contributed by atoms with Gasteiger partial charge in [0.25, 0.3) is 0 Å². The van der Waals surface area contributed by atoms with Crippen LogP contribution in [0.15, 0.2) is 65.0 Å². The molecule has 0 radical (unpaired) electrons. The summed E-state index contributed by atoms with van der Waals surface area (Å²) in [4.78, 5) is 17.6. The molecule has 2 heterocycles. The van der Waals surface area contributed by atoms with Crippen LogP contribution in [0.4, 0.5) is 5.95 Å². The highest BCUT2D eigenvalue weighted by Gasteiger charge is 2.36.